The fourth-order valence-electron chi connectivity index (χ4n) is 2.78. The number of carbonyl (C=O) groups excluding carboxylic acids is 1. The first kappa shape index (κ1) is 17.8. The summed E-state index contributed by atoms with van der Waals surface area (Å²) in [5.41, 5.74) is 1.80. The molecule has 8 nitrogen and oxygen atoms in total. The van der Waals surface area contributed by atoms with Gasteiger partial charge >= 0.3 is 5.97 Å². The molecular formula is C18H21N3O5. The molecule has 2 aromatic rings. The molecule has 1 aromatic heterocycles. The number of methoxy groups -OCH3 is 2. The van der Waals surface area contributed by atoms with Gasteiger partial charge in [0.05, 0.1) is 26.7 Å². The van der Waals surface area contributed by atoms with Crippen LogP contribution in [0.4, 0.5) is 0 Å². The smallest absolute Gasteiger partial charge is 0.305 e. The van der Waals surface area contributed by atoms with Crippen LogP contribution < -0.4 is 14.8 Å². The van der Waals surface area contributed by atoms with Crippen LogP contribution in [0.15, 0.2) is 24.3 Å². The van der Waals surface area contributed by atoms with Gasteiger partial charge in [-0.2, -0.15) is 5.10 Å². The SMILES string of the molecule is COc1ccc(C(CC(=O)O)NC(=O)c2cc(C3CC3)[nH]n2)cc1OC. The zero-order valence-electron chi connectivity index (χ0n) is 14.6. The quantitative estimate of drug-likeness (QED) is 0.666. The number of nitrogens with one attached hydrogen (secondary N) is 2. The molecule has 0 spiro atoms. The molecule has 1 aliphatic carbocycles. The number of aromatic nitrogens is 2. The zero-order chi connectivity index (χ0) is 18.7. The molecule has 1 saturated carbocycles. The van der Waals surface area contributed by atoms with E-state index >= 15 is 0 Å². The molecule has 1 heterocycles. The van der Waals surface area contributed by atoms with E-state index in [1.807, 2.05) is 0 Å². The van der Waals surface area contributed by atoms with Crippen LogP contribution in [0.1, 0.15) is 53.0 Å². The largest absolute Gasteiger partial charge is 0.493 e. The van der Waals surface area contributed by atoms with E-state index in [4.69, 9.17) is 9.47 Å². The van der Waals surface area contributed by atoms with Crippen LogP contribution in [0.5, 0.6) is 11.5 Å². The van der Waals surface area contributed by atoms with E-state index in [1.165, 1.54) is 14.2 Å². The van der Waals surface area contributed by atoms with Crippen molar-refractivity contribution in [1.29, 1.82) is 0 Å². The van der Waals surface area contributed by atoms with Gasteiger partial charge in [0.1, 0.15) is 5.69 Å². The Labute approximate surface area is 150 Å². The van der Waals surface area contributed by atoms with E-state index in [1.54, 1.807) is 24.3 Å². The van der Waals surface area contributed by atoms with Crippen molar-refractivity contribution in [3.05, 3.63) is 41.2 Å². The van der Waals surface area contributed by atoms with E-state index < -0.39 is 17.9 Å². The lowest BCUT2D eigenvalue weighted by Crippen LogP contribution is -2.30. The molecule has 138 valence electrons. The number of nitrogens with zero attached hydrogens (tertiary/aromatic N) is 1. The van der Waals surface area contributed by atoms with Crippen molar-refractivity contribution in [2.45, 2.75) is 31.2 Å². The van der Waals surface area contributed by atoms with Gasteiger partial charge in [-0.1, -0.05) is 6.07 Å². The van der Waals surface area contributed by atoms with Gasteiger partial charge in [0.15, 0.2) is 11.5 Å². The Balaban J connectivity index is 1.80. The number of carbonyl (C=O) groups is 2. The van der Waals surface area contributed by atoms with Gasteiger partial charge in [0.25, 0.3) is 5.91 Å². The van der Waals surface area contributed by atoms with Crippen molar-refractivity contribution < 1.29 is 24.2 Å². The van der Waals surface area contributed by atoms with Crippen LogP contribution >= 0.6 is 0 Å². The molecule has 1 aromatic carbocycles. The Morgan fingerprint density at radius 2 is 2.00 bits per heavy atom. The molecule has 1 aliphatic rings. The molecule has 1 fully saturated rings. The first-order chi connectivity index (χ1) is 12.5. The van der Waals surface area contributed by atoms with Crippen LogP contribution in [-0.4, -0.2) is 41.4 Å². The van der Waals surface area contributed by atoms with E-state index in [2.05, 4.69) is 15.5 Å². The normalized spacial score (nSPS) is 14.5. The predicted molar refractivity (Wildman–Crippen MR) is 92.6 cm³/mol. The maximum absolute atomic E-state index is 12.5. The fraction of sp³-hybridized carbons (Fsp3) is 0.389. The van der Waals surface area contributed by atoms with Gasteiger partial charge in [0.2, 0.25) is 0 Å². The van der Waals surface area contributed by atoms with E-state index in [9.17, 15) is 14.7 Å². The standard InChI is InChI=1S/C18H21N3O5/c1-25-15-6-5-11(7-16(15)26-2)12(9-17(22)23)19-18(24)14-8-13(20-21-14)10-3-4-10/h5-8,10,12H,3-4,9H2,1-2H3,(H,19,24)(H,20,21)(H,22,23). The van der Waals surface area contributed by atoms with Crippen LogP contribution in [0.25, 0.3) is 0 Å². The van der Waals surface area contributed by atoms with Crippen LogP contribution in [0, 0.1) is 0 Å². The molecule has 3 rings (SSSR count). The number of aromatic amines is 1. The number of H-pyrrole nitrogens is 1. The van der Waals surface area contributed by atoms with E-state index in [0.29, 0.717) is 23.0 Å². The fourth-order valence-corrected chi connectivity index (χ4v) is 2.78. The third-order valence-electron chi connectivity index (χ3n) is 4.34. The molecule has 1 unspecified atom stereocenters. The minimum Gasteiger partial charge on any atom is -0.493 e. The average Bonchev–Trinajstić information content (AvgIpc) is 3.36. The Bertz CT molecular complexity index is 813. The third-order valence-corrected chi connectivity index (χ3v) is 4.34. The molecule has 1 amide bonds. The summed E-state index contributed by atoms with van der Waals surface area (Å²) in [6.45, 7) is 0. The number of hydrogen-bond donors (Lipinski definition) is 3. The monoisotopic (exact) mass is 359 g/mol. The zero-order valence-corrected chi connectivity index (χ0v) is 14.6. The summed E-state index contributed by atoms with van der Waals surface area (Å²) in [5, 5.41) is 18.9. The number of benzene rings is 1. The highest BCUT2D eigenvalue weighted by Crippen LogP contribution is 2.39. The molecule has 0 saturated heterocycles. The molecule has 8 heteroatoms. The molecular weight excluding hydrogens is 338 g/mol. The maximum atomic E-state index is 12.5. The third kappa shape index (κ3) is 3.96. The predicted octanol–water partition coefficient (Wildman–Crippen LogP) is 2.25. The number of carboxylic acids is 1. The average molecular weight is 359 g/mol. The summed E-state index contributed by atoms with van der Waals surface area (Å²) in [6.07, 6.45) is 1.92. The Morgan fingerprint density at radius 1 is 1.27 bits per heavy atom. The van der Waals surface area contributed by atoms with Crippen molar-refractivity contribution in [3.8, 4) is 11.5 Å². The van der Waals surface area contributed by atoms with Crippen molar-refractivity contribution in [2.24, 2.45) is 0 Å². The lowest BCUT2D eigenvalue weighted by Gasteiger charge is -2.18. The number of aliphatic carboxylic acids is 1. The van der Waals surface area contributed by atoms with Crippen LogP contribution in [-0.2, 0) is 4.79 Å². The Hall–Kier alpha value is -3.03. The molecule has 3 N–H and O–H groups in total. The summed E-state index contributed by atoms with van der Waals surface area (Å²) in [6, 6.07) is 6.04. The second-order valence-corrected chi connectivity index (χ2v) is 6.22. The lowest BCUT2D eigenvalue weighted by molar-refractivity contribution is -0.137. The van der Waals surface area contributed by atoms with Crippen molar-refractivity contribution in [2.75, 3.05) is 14.2 Å². The summed E-state index contributed by atoms with van der Waals surface area (Å²) >= 11 is 0. The Kier molecular flexibility index (Phi) is 5.11. The topological polar surface area (TPSA) is 114 Å². The minimum absolute atomic E-state index is 0.253. The second-order valence-electron chi connectivity index (χ2n) is 6.22. The minimum atomic E-state index is -1.02. The first-order valence-electron chi connectivity index (χ1n) is 8.31. The highest BCUT2D eigenvalue weighted by Gasteiger charge is 2.27. The number of amides is 1. The molecule has 1 atom stereocenters. The number of carboxylic acid groups (broad SMARTS) is 1. The number of ether oxygens (including phenoxy) is 2. The summed E-state index contributed by atoms with van der Waals surface area (Å²) in [4.78, 5) is 23.8. The molecule has 0 aliphatic heterocycles. The highest BCUT2D eigenvalue weighted by atomic mass is 16.5. The lowest BCUT2D eigenvalue weighted by atomic mass is 10.0. The van der Waals surface area contributed by atoms with E-state index in [0.717, 1.165) is 18.5 Å². The van der Waals surface area contributed by atoms with Crippen molar-refractivity contribution >= 4 is 11.9 Å². The summed E-state index contributed by atoms with van der Waals surface area (Å²) < 4.78 is 10.4. The van der Waals surface area contributed by atoms with Crippen molar-refractivity contribution in [1.82, 2.24) is 15.5 Å². The summed E-state index contributed by atoms with van der Waals surface area (Å²) in [5.74, 6) is -0.00635. The van der Waals surface area contributed by atoms with Crippen LogP contribution in [0.2, 0.25) is 0 Å². The number of hydrogen-bond acceptors (Lipinski definition) is 5. The van der Waals surface area contributed by atoms with E-state index in [-0.39, 0.29) is 12.1 Å². The van der Waals surface area contributed by atoms with Gasteiger partial charge in [-0.15, -0.1) is 0 Å². The second kappa shape index (κ2) is 7.47. The maximum Gasteiger partial charge on any atom is 0.305 e. The number of rotatable bonds is 8. The van der Waals surface area contributed by atoms with Gasteiger partial charge < -0.3 is 19.9 Å². The molecule has 0 radical (unpaired) electrons. The molecule has 0 bridgehead atoms. The van der Waals surface area contributed by atoms with Crippen LogP contribution in [0.3, 0.4) is 0 Å². The highest BCUT2D eigenvalue weighted by molar-refractivity contribution is 5.93. The van der Waals surface area contributed by atoms with Gasteiger partial charge in [-0.3, -0.25) is 14.7 Å². The first-order valence-corrected chi connectivity index (χ1v) is 8.31. The van der Waals surface area contributed by atoms with Gasteiger partial charge in [0, 0.05) is 11.6 Å². The van der Waals surface area contributed by atoms with Crippen molar-refractivity contribution in [3.63, 3.8) is 0 Å². The summed E-state index contributed by atoms with van der Waals surface area (Å²) in [7, 11) is 3.01. The molecule has 26 heavy (non-hydrogen) atoms. The van der Waals surface area contributed by atoms with Gasteiger partial charge in [-0.05, 0) is 36.6 Å². The van der Waals surface area contributed by atoms with Gasteiger partial charge in [-0.25, -0.2) is 0 Å². The Morgan fingerprint density at radius 3 is 2.62 bits per heavy atom.